The molecule has 0 radical (unpaired) electrons. The average Bonchev–Trinajstić information content (AvgIpc) is 2.60. The van der Waals surface area contributed by atoms with Crippen LogP contribution in [0.3, 0.4) is 0 Å². The minimum atomic E-state index is -0.466. The quantitative estimate of drug-likeness (QED) is 0.486. The first-order chi connectivity index (χ1) is 11.9. The Balaban J connectivity index is 1.87. The molecule has 0 saturated carbocycles. The summed E-state index contributed by atoms with van der Waals surface area (Å²) in [6, 6.07) is 12.7. The fraction of sp³-hybridized carbons (Fsp3) is 0.176. The van der Waals surface area contributed by atoms with E-state index in [0.717, 1.165) is 4.90 Å². The average molecular weight is 359 g/mol. The van der Waals surface area contributed by atoms with Crippen LogP contribution in [0.5, 0.6) is 0 Å². The highest BCUT2D eigenvalue weighted by Gasteiger charge is 2.09. The maximum atomic E-state index is 12.0. The normalized spacial score (nSPS) is 10.2. The van der Waals surface area contributed by atoms with Gasteiger partial charge in [-0.3, -0.25) is 19.7 Å². The molecule has 2 amide bonds. The molecule has 0 atom stereocenters. The number of nitrogens with zero attached hydrogens (tertiary/aromatic N) is 2. The second-order valence-electron chi connectivity index (χ2n) is 5.36. The van der Waals surface area contributed by atoms with E-state index in [9.17, 15) is 19.7 Å². The van der Waals surface area contributed by atoms with Gasteiger partial charge in [-0.2, -0.15) is 0 Å². The molecule has 1 N–H and O–H groups in total. The van der Waals surface area contributed by atoms with Crippen molar-refractivity contribution < 1.29 is 14.5 Å². The maximum absolute atomic E-state index is 12.0. The summed E-state index contributed by atoms with van der Waals surface area (Å²) in [6.45, 7) is 0. The lowest BCUT2D eigenvalue weighted by atomic mass is 10.2. The summed E-state index contributed by atoms with van der Waals surface area (Å²) in [5.41, 5.74) is 1.16. The van der Waals surface area contributed by atoms with Crippen LogP contribution in [0.4, 0.5) is 11.4 Å². The summed E-state index contributed by atoms with van der Waals surface area (Å²) in [6.07, 6.45) is 0. The Kier molecular flexibility index (Phi) is 6.13. The molecule has 130 valence electrons. The van der Waals surface area contributed by atoms with Gasteiger partial charge in [0.05, 0.1) is 10.7 Å². The second kappa shape index (κ2) is 8.29. The standard InChI is InChI=1S/C17H17N3O4S/c1-19(2)17(22)12-3-5-13(6-4-12)18-16(21)11-25-15-9-7-14(8-10-15)20(23)24/h3-10H,11H2,1-2H3,(H,18,21). The second-order valence-corrected chi connectivity index (χ2v) is 6.41. The number of carbonyl (C=O) groups excluding carboxylic acids is 2. The van der Waals surface area contributed by atoms with Gasteiger partial charge in [0, 0.05) is 42.4 Å². The molecule has 0 aliphatic heterocycles. The Morgan fingerprint density at radius 3 is 2.20 bits per heavy atom. The van der Waals surface area contributed by atoms with E-state index >= 15 is 0 Å². The van der Waals surface area contributed by atoms with Crippen LogP contribution < -0.4 is 5.32 Å². The number of hydrogen-bond acceptors (Lipinski definition) is 5. The molecule has 0 aliphatic carbocycles. The third-order valence-electron chi connectivity index (χ3n) is 3.24. The van der Waals surface area contributed by atoms with Gasteiger partial charge in [0.2, 0.25) is 5.91 Å². The highest BCUT2D eigenvalue weighted by molar-refractivity contribution is 8.00. The molecule has 0 fully saturated rings. The third kappa shape index (κ3) is 5.32. The van der Waals surface area contributed by atoms with Crippen LogP contribution in [0.1, 0.15) is 10.4 Å². The Morgan fingerprint density at radius 2 is 1.68 bits per heavy atom. The van der Waals surface area contributed by atoms with Crippen LogP contribution in [0.25, 0.3) is 0 Å². The van der Waals surface area contributed by atoms with Crippen molar-refractivity contribution in [2.75, 3.05) is 25.2 Å². The fourth-order valence-corrected chi connectivity index (χ4v) is 2.66. The summed E-state index contributed by atoms with van der Waals surface area (Å²) in [7, 11) is 3.35. The van der Waals surface area contributed by atoms with Gasteiger partial charge in [0.25, 0.3) is 11.6 Å². The lowest BCUT2D eigenvalue weighted by Gasteiger charge is -2.11. The van der Waals surface area contributed by atoms with Crippen LogP contribution in [0.15, 0.2) is 53.4 Å². The van der Waals surface area contributed by atoms with Gasteiger partial charge >= 0.3 is 0 Å². The number of nitrogens with one attached hydrogen (secondary N) is 1. The lowest BCUT2D eigenvalue weighted by Crippen LogP contribution is -2.21. The molecule has 0 aromatic heterocycles. The summed E-state index contributed by atoms with van der Waals surface area (Å²) >= 11 is 1.28. The topological polar surface area (TPSA) is 92.6 Å². The predicted molar refractivity (Wildman–Crippen MR) is 96.9 cm³/mol. The number of carbonyl (C=O) groups is 2. The van der Waals surface area contributed by atoms with E-state index in [-0.39, 0.29) is 23.3 Å². The fourth-order valence-electron chi connectivity index (χ4n) is 1.96. The van der Waals surface area contributed by atoms with E-state index in [1.54, 1.807) is 50.5 Å². The highest BCUT2D eigenvalue weighted by Crippen LogP contribution is 2.21. The van der Waals surface area contributed by atoms with E-state index in [2.05, 4.69) is 5.32 Å². The van der Waals surface area contributed by atoms with E-state index < -0.39 is 4.92 Å². The molecule has 25 heavy (non-hydrogen) atoms. The van der Waals surface area contributed by atoms with Crippen LogP contribution in [-0.2, 0) is 4.79 Å². The van der Waals surface area contributed by atoms with Gasteiger partial charge in [0.1, 0.15) is 0 Å². The number of non-ortho nitro benzene ring substituents is 1. The smallest absolute Gasteiger partial charge is 0.269 e. The largest absolute Gasteiger partial charge is 0.345 e. The summed E-state index contributed by atoms with van der Waals surface area (Å²) < 4.78 is 0. The van der Waals surface area contributed by atoms with E-state index in [0.29, 0.717) is 11.3 Å². The van der Waals surface area contributed by atoms with Crippen LogP contribution >= 0.6 is 11.8 Å². The van der Waals surface area contributed by atoms with E-state index in [1.165, 1.54) is 28.8 Å². The van der Waals surface area contributed by atoms with Crippen molar-refractivity contribution in [1.82, 2.24) is 4.90 Å². The van der Waals surface area contributed by atoms with Crippen LogP contribution in [0.2, 0.25) is 0 Å². The number of amides is 2. The Hall–Kier alpha value is -2.87. The van der Waals surface area contributed by atoms with Gasteiger partial charge in [-0.25, -0.2) is 0 Å². The van der Waals surface area contributed by atoms with E-state index in [4.69, 9.17) is 0 Å². The third-order valence-corrected chi connectivity index (χ3v) is 4.25. The van der Waals surface area contributed by atoms with Crippen molar-refractivity contribution in [2.24, 2.45) is 0 Å². The molecule has 2 aromatic rings. The monoisotopic (exact) mass is 359 g/mol. The number of anilines is 1. The van der Waals surface area contributed by atoms with E-state index in [1.807, 2.05) is 0 Å². The Labute approximate surface area is 149 Å². The molecule has 2 aromatic carbocycles. The predicted octanol–water partition coefficient (Wildman–Crippen LogP) is 3.03. The minimum Gasteiger partial charge on any atom is -0.345 e. The molecular formula is C17H17N3O4S. The summed E-state index contributed by atoms with van der Waals surface area (Å²) in [5.74, 6) is -0.127. The molecule has 0 bridgehead atoms. The first kappa shape index (κ1) is 18.5. The molecule has 7 nitrogen and oxygen atoms in total. The number of hydrogen-bond donors (Lipinski definition) is 1. The summed E-state index contributed by atoms with van der Waals surface area (Å²) in [5, 5.41) is 13.3. The van der Waals surface area contributed by atoms with Crippen molar-refractivity contribution in [2.45, 2.75) is 4.90 Å². The van der Waals surface area contributed by atoms with Crippen LogP contribution in [0, 0.1) is 10.1 Å². The lowest BCUT2D eigenvalue weighted by molar-refractivity contribution is -0.384. The minimum absolute atomic E-state index is 0.0150. The number of thioether (sulfide) groups is 1. The van der Waals surface area contributed by atoms with Crippen molar-refractivity contribution in [3.05, 3.63) is 64.2 Å². The molecule has 0 unspecified atom stereocenters. The number of rotatable bonds is 6. The first-order valence-electron chi connectivity index (χ1n) is 7.35. The van der Waals surface area contributed by atoms with Crippen molar-refractivity contribution in [1.29, 1.82) is 0 Å². The van der Waals surface area contributed by atoms with Gasteiger partial charge in [-0.15, -0.1) is 11.8 Å². The molecule has 0 saturated heterocycles. The zero-order valence-corrected chi connectivity index (χ0v) is 14.6. The van der Waals surface area contributed by atoms with Crippen LogP contribution in [-0.4, -0.2) is 41.5 Å². The SMILES string of the molecule is CN(C)C(=O)c1ccc(NC(=O)CSc2ccc([N+](=O)[O-])cc2)cc1. The molecule has 0 heterocycles. The number of benzene rings is 2. The molecular weight excluding hydrogens is 342 g/mol. The first-order valence-corrected chi connectivity index (χ1v) is 8.34. The van der Waals surface area contributed by atoms with Crippen molar-refractivity contribution >= 4 is 35.0 Å². The van der Waals surface area contributed by atoms with Gasteiger partial charge in [-0.1, -0.05) is 0 Å². The van der Waals surface area contributed by atoms with Gasteiger partial charge < -0.3 is 10.2 Å². The Morgan fingerprint density at radius 1 is 1.08 bits per heavy atom. The maximum Gasteiger partial charge on any atom is 0.269 e. The number of nitro groups is 1. The molecule has 2 rings (SSSR count). The van der Waals surface area contributed by atoms with Gasteiger partial charge in [-0.05, 0) is 36.4 Å². The van der Waals surface area contributed by atoms with Gasteiger partial charge in [0.15, 0.2) is 0 Å². The van der Waals surface area contributed by atoms with Crippen molar-refractivity contribution in [3.63, 3.8) is 0 Å². The molecule has 8 heteroatoms. The Bertz CT molecular complexity index is 773. The number of nitro benzene ring substituents is 1. The molecule has 0 aliphatic rings. The van der Waals surface area contributed by atoms with Crippen molar-refractivity contribution in [3.8, 4) is 0 Å². The highest BCUT2D eigenvalue weighted by atomic mass is 32.2. The summed E-state index contributed by atoms with van der Waals surface area (Å²) in [4.78, 5) is 36.2. The zero-order chi connectivity index (χ0) is 18.4. The zero-order valence-electron chi connectivity index (χ0n) is 13.8. The molecule has 0 spiro atoms.